The Hall–Kier alpha value is -0.0800. The average Bonchev–Trinajstić information content (AvgIpc) is 3.12. The monoisotopic (exact) mass is 388 g/mol. The topological polar surface area (TPSA) is 0 Å². The van der Waals surface area contributed by atoms with Gasteiger partial charge in [-0.15, -0.1) is 23.5 Å². The van der Waals surface area contributed by atoms with E-state index in [1.807, 2.05) is 0 Å². The lowest BCUT2D eigenvalue weighted by Gasteiger charge is -2.48. The van der Waals surface area contributed by atoms with E-state index in [0.717, 1.165) is 23.7 Å². The first-order chi connectivity index (χ1) is 12.7. The Morgan fingerprint density at radius 2 is 1.62 bits per heavy atom. The summed E-state index contributed by atoms with van der Waals surface area (Å²) in [6.45, 7) is 4.58. The van der Waals surface area contributed by atoms with Crippen LogP contribution < -0.4 is 0 Å². The molecule has 2 heteroatoms. The minimum Gasteiger partial charge on any atom is -0.143 e. The van der Waals surface area contributed by atoms with Crippen molar-refractivity contribution in [2.45, 2.75) is 81.6 Å². The maximum Gasteiger partial charge on any atom is 0.0644 e. The molecule has 0 nitrogen and oxygen atoms in total. The highest BCUT2D eigenvalue weighted by atomic mass is 32.2. The van der Waals surface area contributed by atoms with Gasteiger partial charge in [0.15, 0.2) is 0 Å². The third-order valence-electron chi connectivity index (χ3n) is 7.39. The lowest BCUT2D eigenvalue weighted by Crippen LogP contribution is -2.41. The second-order valence-corrected chi connectivity index (χ2v) is 12.2. The molecule has 1 aromatic rings. The second-order valence-electron chi connectivity index (χ2n) is 9.07. The molecule has 0 amide bonds. The molecule has 3 aliphatic rings. The smallest absolute Gasteiger partial charge is 0.0644 e. The van der Waals surface area contributed by atoms with Crippen molar-refractivity contribution in [1.82, 2.24) is 0 Å². The Labute approximate surface area is 169 Å². The Morgan fingerprint density at radius 3 is 2.27 bits per heavy atom. The SMILES string of the molecule is CCCC1CCC(C2CCC(c3ccc(C)cc3)CC2)C2(C1)SCCS2. The van der Waals surface area contributed by atoms with Crippen molar-refractivity contribution in [3.63, 3.8) is 0 Å². The minimum absolute atomic E-state index is 0.597. The number of benzene rings is 1. The molecule has 0 bridgehead atoms. The van der Waals surface area contributed by atoms with Crippen LogP contribution in [-0.4, -0.2) is 15.6 Å². The zero-order valence-corrected chi connectivity index (χ0v) is 18.3. The van der Waals surface area contributed by atoms with E-state index in [1.54, 1.807) is 5.56 Å². The first-order valence-electron chi connectivity index (χ1n) is 11.0. The molecule has 1 spiro atoms. The van der Waals surface area contributed by atoms with Crippen molar-refractivity contribution in [1.29, 1.82) is 0 Å². The molecular formula is C24H36S2. The molecule has 1 aromatic carbocycles. The first kappa shape index (κ1) is 19.2. The number of aryl methyl sites for hydroxylation is 1. The van der Waals surface area contributed by atoms with Crippen molar-refractivity contribution in [3.05, 3.63) is 35.4 Å². The fourth-order valence-corrected chi connectivity index (χ4v) is 9.98. The fraction of sp³-hybridized carbons (Fsp3) is 0.750. The quantitative estimate of drug-likeness (QED) is 0.519. The summed E-state index contributed by atoms with van der Waals surface area (Å²) in [5.74, 6) is 6.63. The summed E-state index contributed by atoms with van der Waals surface area (Å²) in [6, 6.07) is 9.38. The van der Waals surface area contributed by atoms with E-state index in [0.29, 0.717) is 4.08 Å². The third kappa shape index (κ3) is 4.02. The van der Waals surface area contributed by atoms with E-state index in [1.165, 1.54) is 74.9 Å². The molecule has 1 heterocycles. The zero-order valence-electron chi connectivity index (χ0n) is 16.7. The Bertz CT molecular complexity index is 564. The van der Waals surface area contributed by atoms with Crippen LogP contribution in [0.2, 0.25) is 0 Å². The molecule has 2 aliphatic carbocycles. The lowest BCUT2D eigenvalue weighted by atomic mass is 9.67. The van der Waals surface area contributed by atoms with Gasteiger partial charge >= 0.3 is 0 Å². The van der Waals surface area contributed by atoms with Crippen LogP contribution in [-0.2, 0) is 0 Å². The predicted octanol–water partition coefficient (Wildman–Crippen LogP) is 7.66. The van der Waals surface area contributed by atoms with Gasteiger partial charge in [0.05, 0.1) is 4.08 Å². The van der Waals surface area contributed by atoms with E-state index >= 15 is 0 Å². The molecule has 2 atom stereocenters. The van der Waals surface area contributed by atoms with Gasteiger partial charge in [-0.3, -0.25) is 0 Å². The van der Waals surface area contributed by atoms with E-state index in [4.69, 9.17) is 0 Å². The molecule has 1 aliphatic heterocycles. The van der Waals surface area contributed by atoms with Gasteiger partial charge in [0.1, 0.15) is 0 Å². The third-order valence-corrected chi connectivity index (χ3v) is 11.1. The highest BCUT2D eigenvalue weighted by Crippen LogP contribution is 2.61. The molecule has 0 radical (unpaired) electrons. The van der Waals surface area contributed by atoms with Crippen LogP contribution in [0.5, 0.6) is 0 Å². The normalized spacial score (nSPS) is 34.2. The van der Waals surface area contributed by atoms with Crippen LogP contribution in [0, 0.1) is 24.7 Å². The van der Waals surface area contributed by atoms with Crippen LogP contribution in [0.25, 0.3) is 0 Å². The van der Waals surface area contributed by atoms with Gasteiger partial charge in [0.25, 0.3) is 0 Å². The molecular weight excluding hydrogens is 352 g/mol. The minimum atomic E-state index is 0.597. The molecule has 144 valence electrons. The van der Waals surface area contributed by atoms with Crippen LogP contribution in [0.4, 0.5) is 0 Å². The largest absolute Gasteiger partial charge is 0.143 e. The standard InChI is InChI=1S/C24H36S2/c1-3-4-19-7-14-23(24(17-19)25-15-16-26-24)22-12-10-21(11-13-22)20-8-5-18(2)6-9-20/h5-6,8-9,19,21-23H,3-4,7,10-17H2,1-2H3. The van der Waals surface area contributed by atoms with E-state index in [-0.39, 0.29) is 0 Å². The highest BCUT2D eigenvalue weighted by molar-refractivity contribution is 8.21. The Kier molecular flexibility index (Phi) is 6.30. The molecule has 2 unspecified atom stereocenters. The van der Waals surface area contributed by atoms with Gasteiger partial charge in [-0.1, -0.05) is 56.0 Å². The number of hydrogen-bond donors (Lipinski definition) is 0. The Morgan fingerprint density at radius 1 is 0.923 bits per heavy atom. The second kappa shape index (κ2) is 8.52. The van der Waals surface area contributed by atoms with E-state index < -0.39 is 0 Å². The van der Waals surface area contributed by atoms with Gasteiger partial charge < -0.3 is 0 Å². The summed E-state index contributed by atoms with van der Waals surface area (Å²) in [7, 11) is 0. The molecule has 0 N–H and O–H groups in total. The molecule has 1 saturated heterocycles. The predicted molar refractivity (Wildman–Crippen MR) is 119 cm³/mol. The van der Waals surface area contributed by atoms with Crippen molar-refractivity contribution in [3.8, 4) is 0 Å². The summed E-state index contributed by atoms with van der Waals surface area (Å²) in [5, 5.41) is 0. The molecule has 3 fully saturated rings. The van der Waals surface area contributed by atoms with Crippen LogP contribution in [0.1, 0.15) is 81.8 Å². The van der Waals surface area contributed by atoms with Gasteiger partial charge in [0, 0.05) is 11.5 Å². The van der Waals surface area contributed by atoms with E-state index in [2.05, 4.69) is 61.6 Å². The van der Waals surface area contributed by atoms with Crippen LogP contribution in [0.3, 0.4) is 0 Å². The van der Waals surface area contributed by atoms with Gasteiger partial charge in [-0.25, -0.2) is 0 Å². The molecule has 0 aromatic heterocycles. The maximum absolute atomic E-state index is 2.39. The van der Waals surface area contributed by atoms with E-state index in [9.17, 15) is 0 Å². The van der Waals surface area contributed by atoms with Crippen molar-refractivity contribution < 1.29 is 0 Å². The van der Waals surface area contributed by atoms with Gasteiger partial charge in [-0.2, -0.15) is 0 Å². The molecule has 2 saturated carbocycles. The average molecular weight is 389 g/mol. The summed E-state index contributed by atoms with van der Waals surface area (Å²) in [5.41, 5.74) is 2.99. The number of rotatable bonds is 4. The molecule has 4 rings (SSSR count). The zero-order chi connectivity index (χ0) is 18.0. The van der Waals surface area contributed by atoms with Crippen molar-refractivity contribution in [2.75, 3.05) is 11.5 Å². The summed E-state index contributed by atoms with van der Waals surface area (Å²) < 4.78 is 0.597. The first-order valence-corrected chi connectivity index (χ1v) is 13.0. The summed E-state index contributed by atoms with van der Waals surface area (Å²) in [6.07, 6.45) is 13.2. The lowest BCUT2D eigenvalue weighted by molar-refractivity contribution is 0.152. The van der Waals surface area contributed by atoms with Crippen molar-refractivity contribution >= 4 is 23.5 Å². The van der Waals surface area contributed by atoms with Crippen molar-refractivity contribution in [2.24, 2.45) is 17.8 Å². The fourth-order valence-electron chi connectivity index (χ4n) is 6.04. The Balaban J connectivity index is 1.40. The van der Waals surface area contributed by atoms with Crippen LogP contribution >= 0.6 is 23.5 Å². The van der Waals surface area contributed by atoms with Gasteiger partial charge in [0.2, 0.25) is 0 Å². The summed E-state index contributed by atoms with van der Waals surface area (Å²) >= 11 is 4.72. The van der Waals surface area contributed by atoms with Gasteiger partial charge in [-0.05, 0) is 74.7 Å². The number of thioether (sulfide) groups is 2. The highest BCUT2D eigenvalue weighted by Gasteiger charge is 2.50. The van der Waals surface area contributed by atoms with Crippen LogP contribution in [0.15, 0.2) is 24.3 Å². The molecule has 26 heavy (non-hydrogen) atoms. The number of hydrogen-bond acceptors (Lipinski definition) is 2. The summed E-state index contributed by atoms with van der Waals surface area (Å²) in [4.78, 5) is 0. The maximum atomic E-state index is 2.39.